The first-order valence-corrected chi connectivity index (χ1v) is 5.51. The number of amides is 1. The van der Waals surface area contributed by atoms with E-state index in [1.165, 1.54) is 6.92 Å². The molecule has 0 radical (unpaired) electrons. The summed E-state index contributed by atoms with van der Waals surface area (Å²) >= 11 is 0. The average molecular weight is 222 g/mol. The minimum Gasteiger partial charge on any atom is -0.347 e. The van der Waals surface area contributed by atoms with Crippen LogP contribution in [0.3, 0.4) is 0 Å². The summed E-state index contributed by atoms with van der Waals surface area (Å²) in [4.78, 5) is 10.9. The molecular weight excluding hydrogens is 208 g/mol. The van der Waals surface area contributed by atoms with Crippen LogP contribution in [-0.4, -0.2) is 36.7 Å². The van der Waals surface area contributed by atoms with Gasteiger partial charge >= 0.3 is 0 Å². The summed E-state index contributed by atoms with van der Waals surface area (Å²) in [5, 5.41) is 2.30. The van der Waals surface area contributed by atoms with Crippen molar-refractivity contribution in [3.05, 3.63) is 12.7 Å². The molecule has 0 heterocycles. The van der Waals surface area contributed by atoms with E-state index >= 15 is 0 Å². The van der Waals surface area contributed by atoms with Gasteiger partial charge < -0.3 is 11.1 Å². The summed E-state index contributed by atoms with van der Waals surface area (Å²) in [6, 6.07) is -1.41. The van der Waals surface area contributed by atoms with Gasteiger partial charge in [-0.3, -0.25) is 9.35 Å². The lowest BCUT2D eigenvalue weighted by Crippen LogP contribution is -2.49. The maximum absolute atomic E-state index is 10.9. The third-order valence-corrected chi connectivity index (χ3v) is 2.32. The Hall–Kier alpha value is -0.920. The SMILES string of the molecule is C=CC(=O)NC(CS(=O)(=O)O)C(C)N. The zero-order valence-corrected chi connectivity index (χ0v) is 8.62. The Morgan fingerprint density at radius 3 is 2.50 bits per heavy atom. The number of hydrogen-bond acceptors (Lipinski definition) is 4. The van der Waals surface area contributed by atoms with Crippen LogP contribution in [0, 0.1) is 0 Å². The van der Waals surface area contributed by atoms with Gasteiger partial charge in [0, 0.05) is 6.04 Å². The molecule has 4 N–H and O–H groups in total. The summed E-state index contributed by atoms with van der Waals surface area (Å²) in [7, 11) is -4.15. The predicted molar refractivity (Wildman–Crippen MR) is 52.2 cm³/mol. The van der Waals surface area contributed by atoms with Crippen molar-refractivity contribution in [1.29, 1.82) is 0 Å². The van der Waals surface area contributed by atoms with Crippen LogP contribution in [0.5, 0.6) is 0 Å². The molecule has 0 spiro atoms. The average Bonchev–Trinajstić information content (AvgIpc) is 2.00. The van der Waals surface area contributed by atoms with Gasteiger partial charge in [0.05, 0.1) is 11.8 Å². The van der Waals surface area contributed by atoms with Crippen molar-refractivity contribution in [3.8, 4) is 0 Å². The molecule has 0 saturated heterocycles. The van der Waals surface area contributed by atoms with E-state index in [9.17, 15) is 13.2 Å². The highest BCUT2D eigenvalue weighted by atomic mass is 32.2. The Balaban J connectivity index is 4.46. The topological polar surface area (TPSA) is 109 Å². The first-order chi connectivity index (χ1) is 6.26. The predicted octanol–water partition coefficient (Wildman–Crippen LogP) is -1.11. The highest BCUT2D eigenvalue weighted by Gasteiger charge is 2.21. The Kier molecular flexibility index (Phi) is 4.75. The lowest BCUT2D eigenvalue weighted by Gasteiger charge is -2.19. The van der Waals surface area contributed by atoms with Gasteiger partial charge in [-0.2, -0.15) is 8.42 Å². The summed E-state index contributed by atoms with van der Waals surface area (Å²) in [5.74, 6) is -1.14. The second-order valence-electron chi connectivity index (χ2n) is 2.93. The van der Waals surface area contributed by atoms with Crippen LogP contribution in [0.2, 0.25) is 0 Å². The Labute approximate surface area is 82.9 Å². The van der Waals surface area contributed by atoms with Crippen LogP contribution >= 0.6 is 0 Å². The third-order valence-electron chi connectivity index (χ3n) is 1.54. The van der Waals surface area contributed by atoms with Crippen molar-refractivity contribution in [2.24, 2.45) is 5.73 Å². The van der Waals surface area contributed by atoms with E-state index in [-0.39, 0.29) is 0 Å². The molecule has 0 aromatic heterocycles. The number of rotatable bonds is 5. The zero-order valence-electron chi connectivity index (χ0n) is 7.80. The second kappa shape index (κ2) is 5.08. The maximum atomic E-state index is 10.9. The van der Waals surface area contributed by atoms with Crippen molar-refractivity contribution >= 4 is 16.0 Å². The minimum atomic E-state index is -4.15. The van der Waals surface area contributed by atoms with Crippen LogP contribution in [-0.2, 0) is 14.9 Å². The first kappa shape index (κ1) is 13.1. The first-order valence-electron chi connectivity index (χ1n) is 3.90. The molecule has 0 bridgehead atoms. The van der Waals surface area contributed by atoms with Gasteiger partial charge in [-0.15, -0.1) is 0 Å². The van der Waals surface area contributed by atoms with Crippen molar-refractivity contribution in [3.63, 3.8) is 0 Å². The molecule has 0 fully saturated rings. The molecule has 0 aliphatic heterocycles. The van der Waals surface area contributed by atoms with Gasteiger partial charge in [-0.05, 0) is 13.0 Å². The molecule has 0 rings (SSSR count). The van der Waals surface area contributed by atoms with Gasteiger partial charge in [0.1, 0.15) is 0 Å². The van der Waals surface area contributed by atoms with Crippen molar-refractivity contribution < 1.29 is 17.8 Å². The second-order valence-corrected chi connectivity index (χ2v) is 4.42. The Morgan fingerprint density at radius 2 is 2.21 bits per heavy atom. The maximum Gasteiger partial charge on any atom is 0.266 e. The van der Waals surface area contributed by atoms with E-state index < -0.39 is 33.9 Å². The number of carbonyl (C=O) groups excluding carboxylic acids is 1. The van der Waals surface area contributed by atoms with E-state index in [2.05, 4.69) is 11.9 Å². The highest BCUT2D eigenvalue weighted by Crippen LogP contribution is 1.95. The van der Waals surface area contributed by atoms with Gasteiger partial charge in [0.2, 0.25) is 5.91 Å². The van der Waals surface area contributed by atoms with Gasteiger partial charge in [0.15, 0.2) is 0 Å². The summed E-state index contributed by atoms with van der Waals surface area (Å²) in [6.07, 6.45) is 0.999. The third kappa shape index (κ3) is 5.68. The molecule has 82 valence electrons. The van der Waals surface area contributed by atoms with E-state index in [0.717, 1.165) is 6.08 Å². The monoisotopic (exact) mass is 222 g/mol. The quantitative estimate of drug-likeness (QED) is 0.404. The number of nitrogens with two attached hydrogens (primary N) is 1. The largest absolute Gasteiger partial charge is 0.347 e. The molecule has 2 atom stereocenters. The fraction of sp³-hybridized carbons (Fsp3) is 0.571. The minimum absolute atomic E-state index is 0.532. The van der Waals surface area contributed by atoms with E-state index in [4.69, 9.17) is 10.3 Å². The van der Waals surface area contributed by atoms with Crippen molar-refractivity contribution in [2.75, 3.05) is 5.75 Å². The number of hydrogen-bond donors (Lipinski definition) is 3. The van der Waals surface area contributed by atoms with Crippen LogP contribution in [0.25, 0.3) is 0 Å². The molecule has 7 heteroatoms. The summed E-state index contributed by atoms with van der Waals surface area (Å²) < 4.78 is 29.6. The smallest absolute Gasteiger partial charge is 0.266 e. The fourth-order valence-corrected chi connectivity index (χ4v) is 1.63. The van der Waals surface area contributed by atoms with Crippen molar-refractivity contribution in [2.45, 2.75) is 19.0 Å². The molecule has 1 amide bonds. The van der Waals surface area contributed by atoms with Gasteiger partial charge in [0.25, 0.3) is 10.1 Å². The van der Waals surface area contributed by atoms with Crippen LogP contribution in [0.1, 0.15) is 6.92 Å². The summed E-state index contributed by atoms with van der Waals surface area (Å²) in [5.41, 5.74) is 5.42. The Bertz CT molecular complexity index is 310. The van der Waals surface area contributed by atoms with Gasteiger partial charge in [-0.25, -0.2) is 0 Å². The molecular formula is C7H14N2O4S. The lowest BCUT2D eigenvalue weighted by molar-refractivity contribution is -0.117. The highest BCUT2D eigenvalue weighted by molar-refractivity contribution is 7.85. The fourth-order valence-electron chi connectivity index (χ4n) is 0.793. The molecule has 2 unspecified atom stereocenters. The standard InChI is InChI=1S/C7H14N2O4S/c1-3-7(10)9-6(5(2)8)4-14(11,12)13/h3,5-6H,1,4,8H2,2H3,(H,9,10)(H,11,12,13). The van der Waals surface area contributed by atoms with Crippen LogP contribution in [0.4, 0.5) is 0 Å². The molecule has 0 aliphatic rings. The molecule has 0 aliphatic carbocycles. The van der Waals surface area contributed by atoms with E-state index in [0.29, 0.717) is 0 Å². The number of nitrogens with one attached hydrogen (secondary N) is 1. The van der Waals surface area contributed by atoms with E-state index in [1.807, 2.05) is 0 Å². The van der Waals surface area contributed by atoms with Crippen LogP contribution in [0.15, 0.2) is 12.7 Å². The van der Waals surface area contributed by atoms with Crippen molar-refractivity contribution in [1.82, 2.24) is 5.32 Å². The van der Waals surface area contributed by atoms with E-state index in [1.54, 1.807) is 0 Å². The molecule has 0 aromatic carbocycles. The molecule has 0 aromatic rings. The lowest BCUT2D eigenvalue weighted by atomic mass is 10.2. The normalized spacial score (nSPS) is 15.6. The molecule has 14 heavy (non-hydrogen) atoms. The molecule has 6 nitrogen and oxygen atoms in total. The summed E-state index contributed by atoms with van der Waals surface area (Å²) in [6.45, 7) is 4.73. The molecule has 0 saturated carbocycles. The van der Waals surface area contributed by atoms with Crippen LogP contribution < -0.4 is 11.1 Å². The number of carbonyl (C=O) groups is 1. The van der Waals surface area contributed by atoms with Gasteiger partial charge in [-0.1, -0.05) is 6.58 Å². The zero-order chi connectivity index (χ0) is 11.4. The Morgan fingerprint density at radius 1 is 1.71 bits per heavy atom.